The van der Waals surface area contributed by atoms with E-state index in [1.54, 1.807) is 19.2 Å². The summed E-state index contributed by atoms with van der Waals surface area (Å²) in [6.07, 6.45) is 0. The predicted molar refractivity (Wildman–Crippen MR) is 62.2 cm³/mol. The lowest BCUT2D eigenvalue weighted by atomic mass is 10.2. The van der Waals surface area contributed by atoms with Crippen molar-refractivity contribution in [1.29, 1.82) is 0 Å². The van der Waals surface area contributed by atoms with Crippen LogP contribution in [0.15, 0.2) is 34.2 Å². The van der Waals surface area contributed by atoms with Crippen LogP contribution in [-0.4, -0.2) is 21.4 Å². The second-order valence-corrected chi connectivity index (χ2v) is 4.71. The minimum Gasteiger partial charge on any atom is -0.370 e. The Balaban J connectivity index is 2.73. The van der Waals surface area contributed by atoms with Gasteiger partial charge in [0.15, 0.2) is 5.96 Å². The maximum atomic E-state index is 11.0. The number of nitrogens with one attached hydrogen (secondary N) is 1. The summed E-state index contributed by atoms with van der Waals surface area (Å²) in [7, 11) is -2.05. The molecule has 1 rings (SSSR count). The van der Waals surface area contributed by atoms with Crippen molar-refractivity contribution in [3.63, 3.8) is 0 Å². The molecule has 0 atom stereocenters. The van der Waals surface area contributed by atoms with E-state index in [-0.39, 0.29) is 4.90 Å². The fourth-order valence-corrected chi connectivity index (χ4v) is 1.58. The minimum atomic E-state index is -3.62. The number of benzene rings is 1. The largest absolute Gasteiger partial charge is 0.370 e. The standard InChI is InChI=1S/C9H14N4O2S/c1-12-9(10)13-6-7-2-4-8(5-3-7)16(11,14)15/h2-5H,6H2,1H3,(H3,10,12,13)(H2,11,14,15). The molecule has 5 N–H and O–H groups in total. The Kier molecular flexibility index (Phi) is 3.86. The van der Waals surface area contributed by atoms with Crippen molar-refractivity contribution in [2.24, 2.45) is 15.9 Å². The molecular weight excluding hydrogens is 228 g/mol. The molecule has 1 aromatic carbocycles. The van der Waals surface area contributed by atoms with Crippen molar-refractivity contribution >= 4 is 16.0 Å². The number of nitrogens with zero attached hydrogens (tertiary/aromatic N) is 1. The molecule has 0 aliphatic rings. The van der Waals surface area contributed by atoms with Crippen LogP contribution in [-0.2, 0) is 16.6 Å². The van der Waals surface area contributed by atoms with E-state index in [4.69, 9.17) is 10.9 Å². The van der Waals surface area contributed by atoms with Gasteiger partial charge in [-0.15, -0.1) is 0 Å². The van der Waals surface area contributed by atoms with Crippen molar-refractivity contribution in [3.8, 4) is 0 Å². The average Bonchev–Trinajstić information content (AvgIpc) is 2.25. The molecule has 0 spiro atoms. The highest BCUT2D eigenvalue weighted by Gasteiger charge is 2.06. The van der Waals surface area contributed by atoms with Gasteiger partial charge >= 0.3 is 0 Å². The lowest BCUT2D eigenvalue weighted by Gasteiger charge is -2.05. The highest BCUT2D eigenvalue weighted by molar-refractivity contribution is 7.89. The van der Waals surface area contributed by atoms with Crippen LogP contribution in [0.3, 0.4) is 0 Å². The van der Waals surface area contributed by atoms with Crippen molar-refractivity contribution in [1.82, 2.24) is 5.32 Å². The molecule has 0 aromatic heterocycles. The first-order valence-corrected chi connectivity index (χ1v) is 6.06. The van der Waals surface area contributed by atoms with E-state index in [1.807, 2.05) is 0 Å². The molecule has 0 bridgehead atoms. The monoisotopic (exact) mass is 242 g/mol. The first-order valence-electron chi connectivity index (χ1n) is 4.51. The van der Waals surface area contributed by atoms with Crippen LogP contribution in [0.5, 0.6) is 0 Å². The smallest absolute Gasteiger partial charge is 0.238 e. The SMILES string of the molecule is CN=C(N)NCc1ccc(S(N)(=O)=O)cc1. The summed E-state index contributed by atoms with van der Waals surface area (Å²) in [5.74, 6) is 0.329. The highest BCUT2D eigenvalue weighted by atomic mass is 32.2. The van der Waals surface area contributed by atoms with E-state index in [9.17, 15) is 8.42 Å². The second-order valence-electron chi connectivity index (χ2n) is 3.15. The normalized spacial score (nSPS) is 12.5. The quantitative estimate of drug-likeness (QED) is 0.484. The molecular formula is C9H14N4O2S. The summed E-state index contributed by atoms with van der Waals surface area (Å²) < 4.78 is 22.0. The fraction of sp³-hybridized carbons (Fsp3) is 0.222. The van der Waals surface area contributed by atoms with E-state index in [0.29, 0.717) is 12.5 Å². The van der Waals surface area contributed by atoms with E-state index in [1.165, 1.54) is 12.1 Å². The number of rotatable bonds is 3. The van der Waals surface area contributed by atoms with Gasteiger partial charge in [0.2, 0.25) is 10.0 Å². The minimum absolute atomic E-state index is 0.0911. The third kappa shape index (κ3) is 3.52. The number of hydrogen-bond acceptors (Lipinski definition) is 3. The summed E-state index contributed by atoms with van der Waals surface area (Å²) in [6, 6.07) is 6.22. The number of sulfonamides is 1. The Hall–Kier alpha value is -1.60. The van der Waals surface area contributed by atoms with Crippen LogP contribution < -0.4 is 16.2 Å². The topological polar surface area (TPSA) is 111 Å². The van der Waals surface area contributed by atoms with Crippen molar-refractivity contribution in [2.75, 3.05) is 7.05 Å². The Labute approximate surface area is 94.4 Å². The van der Waals surface area contributed by atoms with Gasteiger partial charge in [-0.1, -0.05) is 12.1 Å². The lowest BCUT2D eigenvalue weighted by Crippen LogP contribution is -2.30. The van der Waals surface area contributed by atoms with Crippen molar-refractivity contribution in [2.45, 2.75) is 11.4 Å². The first kappa shape index (κ1) is 12.5. The molecule has 0 radical (unpaired) electrons. The number of guanidine groups is 1. The molecule has 0 fully saturated rings. The van der Waals surface area contributed by atoms with Gasteiger partial charge < -0.3 is 11.1 Å². The van der Waals surface area contributed by atoms with Gasteiger partial charge in [-0.25, -0.2) is 13.6 Å². The molecule has 6 nitrogen and oxygen atoms in total. The molecule has 0 saturated heterocycles. The molecule has 0 aliphatic carbocycles. The van der Waals surface area contributed by atoms with Crippen LogP contribution in [0.2, 0.25) is 0 Å². The Bertz CT molecular complexity index is 479. The maximum absolute atomic E-state index is 11.0. The van der Waals surface area contributed by atoms with Crippen LogP contribution in [0.4, 0.5) is 0 Å². The number of primary sulfonamides is 1. The molecule has 16 heavy (non-hydrogen) atoms. The van der Waals surface area contributed by atoms with Gasteiger partial charge in [0.05, 0.1) is 4.90 Å². The molecule has 0 unspecified atom stereocenters. The zero-order valence-electron chi connectivity index (χ0n) is 8.84. The summed E-state index contributed by atoms with van der Waals surface area (Å²) in [5.41, 5.74) is 6.33. The van der Waals surface area contributed by atoms with Crippen LogP contribution in [0.1, 0.15) is 5.56 Å². The van der Waals surface area contributed by atoms with Crippen molar-refractivity contribution < 1.29 is 8.42 Å². The molecule has 0 saturated carbocycles. The molecule has 0 amide bonds. The predicted octanol–water partition coefficient (Wildman–Crippen LogP) is -0.632. The zero-order chi connectivity index (χ0) is 12.2. The zero-order valence-corrected chi connectivity index (χ0v) is 9.66. The maximum Gasteiger partial charge on any atom is 0.238 e. The second kappa shape index (κ2) is 4.95. The number of hydrogen-bond donors (Lipinski definition) is 3. The number of aliphatic imine (C=N–C) groups is 1. The third-order valence-electron chi connectivity index (χ3n) is 1.97. The van der Waals surface area contributed by atoms with Crippen LogP contribution in [0, 0.1) is 0 Å². The van der Waals surface area contributed by atoms with E-state index >= 15 is 0 Å². The molecule has 7 heteroatoms. The summed E-state index contributed by atoms with van der Waals surface area (Å²) in [6.45, 7) is 0.480. The van der Waals surface area contributed by atoms with Gasteiger partial charge in [0.1, 0.15) is 0 Å². The molecule has 0 aliphatic heterocycles. The average molecular weight is 242 g/mol. The van der Waals surface area contributed by atoms with E-state index in [0.717, 1.165) is 5.56 Å². The van der Waals surface area contributed by atoms with Crippen LogP contribution in [0.25, 0.3) is 0 Å². The van der Waals surface area contributed by atoms with E-state index < -0.39 is 10.0 Å². The number of nitrogens with two attached hydrogens (primary N) is 2. The van der Waals surface area contributed by atoms with Gasteiger partial charge in [-0.2, -0.15) is 0 Å². The Morgan fingerprint density at radius 2 is 1.94 bits per heavy atom. The Morgan fingerprint density at radius 1 is 1.38 bits per heavy atom. The summed E-state index contributed by atoms with van der Waals surface area (Å²) in [5, 5.41) is 7.82. The van der Waals surface area contributed by atoms with E-state index in [2.05, 4.69) is 10.3 Å². The molecule has 88 valence electrons. The highest BCUT2D eigenvalue weighted by Crippen LogP contribution is 2.08. The van der Waals surface area contributed by atoms with Gasteiger partial charge in [0.25, 0.3) is 0 Å². The van der Waals surface area contributed by atoms with Gasteiger partial charge in [-0.05, 0) is 17.7 Å². The summed E-state index contributed by atoms with van der Waals surface area (Å²) in [4.78, 5) is 3.82. The van der Waals surface area contributed by atoms with Crippen LogP contribution >= 0.6 is 0 Å². The summed E-state index contributed by atoms with van der Waals surface area (Å²) >= 11 is 0. The van der Waals surface area contributed by atoms with Gasteiger partial charge in [0, 0.05) is 13.6 Å². The van der Waals surface area contributed by atoms with Crippen molar-refractivity contribution in [3.05, 3.63) is 29.8 Å². The first-order chi connectivity index (χ1) is 7.43. The van der Waals surface area contributed by atoms with Gasteiger partial charge in [-0.3, -0.25) is 4.99 Å². The molecule has 1 aromatic rings. The molecule has 0 heterocycles. The third-order valence-corrected chi connectivity index (χ3v) is 2.90. The Morgan fingerprint density at radius 3 is 2.38 bits per heavy atom. The fourth-order valence-electron chi connectivity index (χ4n) is 1.07. The lowest BCUT2D eigenvalue weighted by molar-refractivity contribution is 0.597.